The largest absolute Gasteiger partial charge is 0.282 e. The van der Waals surface area contributed by atoms with Crippen molar-refractivity contribution in [2.75, 3.05) is 26.2 Å². The molecule has 1 fully saturated rings. The highest BCUT2D eigenvalue weighted by molar-refractivity contribution is 7.89. The zero-order chi connectivity index (χ0) is 20.4. The van der Waals surface area contributed by atoms with Gasteiger partial charge < -0.3 is 0 Å². The molecular formula is C19H19Cl2N5O2S. The molecule has 2 aromatic heterocycles. The molecule has 1 aromatic carbocycles. The second-order valence-corrected chi connectivity index (χ2v) is 9.45. The summed E-state index contributed by atoms with van der Waals surface area (Å²) in [4.78, 5) is 6.49. The van der Waals surface area contributed by atoms with Crippen LogP contribution in [-0.4, -0.2) is 58.6 Å². The molecular weight excluding hydrogens is 433 g/mol. The van der Waals surface area contributed by atoms with Gasteiger partial charge in [-0.3, -0.25) is 14.6 Å². The Labute approximate surface area is 179 Å². The van der Waals surface area contributed by atoms with Crippen LogP contribution >= 0.6 is 23.2 Å². The first kappa shape index (κ1) is 20.3. The third-order valence-electron chi connectivity index (χ3n) is 4.87. The van der Waals surface area contributed by atoms with E-state index in [1.54, 1.807) is 18.6 Å². The molecule has 0 N–H and O–H groups in total. The number of rotatable bonds is 5. The van der Waals surface area contributed by atoms with Crippen LogP contribution in [0.5, 0.6) is 0 Å². The van der Waals surface area contributed by atoms with Crippen LogP contribution in [-0.2, 0) is 16.7 Å². The van der Waals surface area contributed by atoms with Crippen LogP contribution in [0.4, 0.5) is 0 Å². The van der Waals surface area contributed by atoms with Gasteiger partial charge in [-0.2, -0.15) is 9.40 Å². The minimum absolute atomic E-state index is 0.159. The van der Waals surface area contributed by atoms with E-state index in [1.165, 1.54) is 22.5 Å². The number of benzene rings is 1. The third-order valence-corrected chi connectivity index (χ3v) is 7.50. The van der Waals surface area contributed by atoms with Gasteiger partial charge in [-0.05, 0) is 36.4 Å². The average molecular weight is 452 g/mol. The second kappa shape index (κ2) is 8.41. The molecule has 0 bridgehead atoms. The van der Waals surface area contributed by atoms with Crippen molar-refractivity contribution in [2.45, 2.75) is 11.6 Å². The highest BCUT2D eigenvalue weighted by atomic mass is 35.5. The van der Waals surface area contributed by atoms with Gasteiger partial charge in [0.05, 0.1) is 27.3 Å². The van der Waals surface area contributed by atoms with Crippen molar-refractivity contribution >= 4 is 33.2 Å². The average Bonchev–Trinajstić information content (AvgIpc) is 3.19. The topological polar surface area (TPSA) is 71.3 Å². The fourth-order valence-corrected chi connectivity index (χ4v) is 5.10. The summed E-state index contributed by atoms with van der Waals surface area (Å²) in [5.74, 6) is 0. The van der Waals surface area contributed by atoms with Crippen LogP contribution in [0.3, 0.4) is 0 Å². The van der Waals surface area contributed by atoms with E-state index in [1.807, 2.05) is 22.9 Å². The summed E-state index contributed by atoms with van der Waals surface area (Å²) in [6.45, 7) is 2.58. The van der Waals surface area contributed by atoms with Crippen LogP contribution in [0, 0.1) is 0 Å². The van der Waals surface area contributed by atoms with Crippen LogP contribution in [0.2, 0.25) is 10.0 Å². The van der Waals surface area contributed by atoms with E-state index in [4.69, 9.17) is 23.2 Å². The first-order valence-corrected chi connectivity index (χ1v) is 11.2. The molecule has 1 saturated heterocycles. The van der Waals surface area contributed by atoms with Gasteiger partial charge in [-0.15, -0.1) is 0 Å². The van der Waals surface area contributed by atoms with E-state index in [0.29, 0.717) is 37.9 Å². The molecule has 4 rings (SSSR count). The lowest BCUT2D eigenvalue weighted by molar-refractivity contribution is 0.146. The first-order chi connectivity index (χ1) is 13.9. The third kappa shape index (κ3) is 4.31. The Kier molecular flexibility index (Phi) is 5.89. The molecule has 0 spiro atoms. The van der Waals surface area contributed by atoms with Gasteiger partial charge in [0.1, 0.15) is 0 Å². The number of hydrogen-bond donors (Lipinski definition) is 0. The minimum Gasteiger partial charge on any atom is -0.282 e. The summed E-state index contributed by atoms with van der Waals surface area (Å²) < 4.78 is 29.2. The Balaban J connectivity index is 1.43. The standard InChI is InChI=1S/C19H19Cl2N5O2S/c20-17-4-3-16(12-18(17)21)29(27,28)25-10-8-24(9-11-25)14-26-19(5-7-23-26)15-2-1-6-22-13-15/h1-7,12-13H,8-11,14H2. The molecule has 3 aromatic rings. The lowest BCUT2D eigenvalue weighted by Crippen LogP contribution is -2.48. The smallest absolute Gasteiger partial charge is 0.243 e. The predicted molar refractivity (Wildman–Crippen MR) is 112 cm³/mol. The van der Waals surface area contributed by atoms with E-state index in [9.17, 15) is 8.42 Å². The fourth-order valence-electron chi connectivity index (χ4n) is 3.29. The van der Waals surface area contributed by atoms with Crippen LogP contribution in [0.25, 0.3) is 11.3 Å². The Morgan fingerprint density at radius 3 is 2.45 bits per heavy atom. The molecule has 10 heteroatoms. The summed E-state index contributed by atoms with van der Waals surface area (Å²) in [6, 6.07) is 10.2. The number of piperazine rings is 1. The SMILES string of the molecule is O=S(=O)(c1ccc(Cl)c(Cl)c1)N1CCN(Cn2nccc2-c2cccnc2)CC1. The summed E-state index contributed by atoms with van der Waals surface area (Å²) in [6.07, 6.45) is 5.29. The highest BCUT2D eigenvalue weighted by Gasteiger charge is 2.29. The van der Waals surface area contributed by atoms with Crippen molar-refractivity contribution in [1.82, 2.24) is 24.0 Å². The monoisotopic (exact) mass is 451 g/mol. The van der Waals surface area contributed by atoms with E-state index in [-0.39, 0.29) is 9.92 Å². The van der Waals surface area contributed by atoms with E-state index >= 15 is 0 Å². The quantitative estimate of drug-likeness (QED) is 0.595. The molecule has 0 radical (unpaired) electrons. The number of nitrogens with zero attached hydrogens (tertiary/aromatic N) is 5. The van der Waals surface area contributed by atoms with Crippen LogP contribution < -0.4 is 0 Å². The lowest BCUT2D eigenvalue weighted by Gasteiger charge is -2.34. The molecule has 0 unspecified atom stereocenters. The van der Waals surface area contributed by atoms with Crippen molar-refractivity contribution in [3.8, 4) is 11.3 Å². The predicted octanol–water partition coefficient (Wildman–Crippen LogP) is 3.22. The molecule has 3 heterocycles. The van der Waals surface area contributed by atoms with Gasteiger partial charge in [0.15, 0.2) is 0 Å². The maximum atomic E-state index is 12.9. The Morgan fingerprint density at radius 1 is 0.966 bits per heavy atom. The lowest BCUT2D eigenvalue weighted by atomic mass is 10.2. The Bertz CT molecular complexity index is 1100. The van der Waals surface area contributed by atoms with E-state index < -0.39 is 10.0 Å². The number of sulfonamides is 1. The van der Waals surface area contributed by atoms with Crippen molar-refractivity contribution in [1.29, 1.82) is 0 Å². The van der Waals surface area contributed by atoms with Crippen LogP contribution in [0.1, 0.15) is 0 Å². The summed E-state index contributed by atoms with van der Waals surface area (Å²) in [7, 11) is -3.61. The number of halogens is 2. The molecule has 1 aliphatic rings. The molecule has 0 amide bonds. The molecule has 1 aliphatic heterocycles. The van der Waals surface area contributed by atoms with Crippen molar-refractivity contribution < 1.29 is 8.42 Å². The summed E-state index contributed by atoms with van der Waals surface area (Å²) in [5.41, 5.74) is 1.97. The summed E-state index contributed by atoms with van der Waals surface area (Å²) in [5, 5.41) is 4.97. The zero-order valence-corrected chi connectivity index (χ0v) is 17.8. The second-order valence-electron chi connectivity index (χ2n) is 6.70. The molecule has 0 saturated carbocycles. The maximum Gasteiger partial charge on any atom is 0.243 e. The van der Waals surface area contributed by atoms with E-state index in [0.717, 1.165) is 11.3 Å². The molecule has 152 valence electrons. The number of hydrogen-bond acceptors (Lipinski definition) is 5. The Morgan fingerprint density at radius 2 is 1.76 bits per heavy atom. The molecule has 0 atom stereocenters. The van der Waals surface area contributed by atoms with Crippen molar-refractivity contribution in [3.63, 3.8) is 0 Å². The van der Waals surface area contributed by atoms with Crippen LogP contribution in [0.15, 0.2) is 59.9 Å². The van der Waals surface area contributed by atoms with Crippen molar-refractivity contribution in [2.24, 2.45) is 0 Å². The van der Waals surface area contributed by atoms with Gasteiger partial charge in [0, 0.05) is 50.3 Å². The normalized spacial score (nSPS) is 16.2. The molecule has 7 nitrogen and oxygen atoms in total. The summed E-state index contributed by atoms with van der Waals surface area (Å²) >= 11 is 11.9. The molecule has 0 aliphatic carbocycles. The number of aromatic nitrogens is 3. The van der Waals surface area contributed by atoms with Gasteiger partial charge in [-0.25, -0.2) is 8.42 Å². The minimum atomic E-state index is -3.61. The Hall–Kier alpha value is -1.97. The maximum absolute atomic E-state index is 12.9. The van der Waals surface area contributed by atoms with Gasteiger partial charge in [0.2, 0.25) is 10.0 Å². The van der Waals surface area contributed by atoms with E-state index in [2.05, 4.69) is 15.0 Å². The number of pyridine rings is 1. The van der Waals surface area contributed by atoms with Gasteiger partial charge in [0.25, 0.3) is 0 Å². The first-order valence-electron chi connectivity index (χ1n) is 9.05. The zero-order valence-electron chi connectivity index (χ0n) is 15.4. The molecule has 29 heavy (non-hydrogen) atoms. The van der Waals surface area contributed by atoms with Crippen molar-refractivity contribution in [3.05, 3.63) is 65.0 Å². The van der Waals surface area contributed by atoms with Gasteiger partial charge >= 0.3 is 0 Å². The highest BCUT2D eigenvalue weighted by Crippen LogP contribution is 2.27. The fraction of sp³-hybridized carbons (Fsp3) is 0.263. The van der Waals surface area contributed by atoms with Gasteiger partial charge in [-0.1, -0.05) is 23.2 Å².